The summed E-state index contributed by atoms with van der Waals surface area (Å²) in [6, 6.07) is 0. The van der Waals surface area contributed by atoms with Gasteiger partial charge in [-0.15, -0.1) is 0 Å². The molecule has 0 saturated heterocycles. The van der Waals surface area contributed by atoms with E-state index in [9.17, 15) is 4.79 Å². The van der Waals surface area contributed by atoms with Gasteiger partial charge in [-0.2, -0.15) is 0 Å². The van der Waals surface area contributed by atoms with Crippen LogP contribution in [-0.2, 0) is 15.7 Å². The van der Waals surface area contributed by atoms with E-state index in [0.29, 0.717) is 16.3 Å². The van der Waals surface area contributed by atoms with E-state index in [1.807, 2.05) is 20.8 Å². The van der Waals surface area contributed by atoms with Gasteiger partial charge in [-0.1, -0.05) is 0 Å². The minimum Gasteiger partial charge on any atom is -0.347 e. The molecule has 0 aliphatic carbocycles. The van der Waals surface area contributed by atoms with Crippen LogP contribution in [0.15, 0.2) is 0 Å². The van der Waals surface area contributed by atoms with Crippen molar-refractivity contribution in [2.45, 2.75) is 64.5 Å². The first-order valence-corrected chi connectivity index (χ1v) is 7.15. The Bertz CT molecular complexity index is 198. The van der Waals surface area contributed by atoms with Crippen LogP contribution < -0.4 is 5.32 Å². The first-order valence-electron chi connectivity index (χ1n) is 5.63. The van der Waals surface area contributed by atoms with Crippen molar-refractivity contribution in [1.29, 1.82) is 0 Å². The standard InChI is InChI=1S/C12H25NOS/c1-9(2)15(10(3)4)8-11(14)13-12(5,6)7/h9-10H,8H2,1-7H3/p+1. The predicted molar refractivity (Wildman–Crippen MR) is 70.4 cm³/mol. The summed E-state index contributed by atoms with van der Waals surface area (Å²) in [6.07, 6.45) is 0. The highest BCUT2D eigenvalue weighted by molar-refractivity contribution is 7.98. The third-order valence-corrected chi connectivity index (χ3v) is 5.04. The molecule has 0 radical (unpaired) electrons. The van der Waals surface area contributed by atoms with Crippen molar-refractivity contribution in [2.75, 3.05) is 5.75 Å². The van der Waals surface area contributed by atoms with Gasteiger partial charge in [0.05, 0.1) is 0 Å². The van der Waals surface area contributed by atoms with Gasteiger partial charge in [-0.05, 0) is 48.5 Å². The molecular weight excluding hydrogens is 206 g/mol. The molecule has 90 valence electrons. The number of hydrogen-bond donors (Lipinski definition) is 1. The molecule has 15 heavy (non-hydrogen) atoms. The zero-order valence-electron chi connectivity index (χ0n) is 11.2. The summed E-state index contributed by atoms with van der Waals surface area (Å²) in [5, 5.41) is 4.21. The fourth-order valence-corrected chi connectivity index (χ4v) is 3.61. The number of rotatable bonds is 4. The molecule has 3 heteroatoms. The van der Waals surface area contributed by atoms with E-state index in [-0.39, 0.29) is 22.3 Å². The Morgan fingerprint density at radius 2 is 1.53 bits per heavy atom. The van der Waals surface area contributed by atoms with Crippen molar-refractivity contribution in [2.24, 2.45) is 0 Å². The summed E-state index contributed by atoms with van der Waals surface area (Å²) in [4.78, 5) is 11.8. The van der Waals surface area contributed by atoms with E-state index in [4.69, 9.17) is 0 Å². The highest BCUT2D eigenvalue weighted by Gasteiger charge is 2.30. The molecular formula is C12H26NOS+. The lowest BCUT2D eigenvalue weighted by atomic mass is 10.1. The molecule has 0 aliphatic heterocycles. The third kappa shape index (κ3) is 6.82. The van der Waals surface area contributed by atoms with Gasteiger partial charge >= 0.3 is 0 Å². The Kier molecular flexibility index (Phi) is 5.71. The van der Waals surface area contributed by atoms with Crippen LogP contribution in [0.1, 0.15) is 48.5 Å². The molecule has 1 amide bonds. The van der Waals surface area contributed by atoms with Gasteiger partial charge in [0, 0.05) is 16.4 Å². The first-order chi connectivity index (χ1) is 6.63. The fourth-order valence-electron chi connectivity index (χ4n) is 1.48. The minimum absolute atomic E-state index is 0.111. The van der Waals surface area contributed by atoms with Crippen LogP contribution in [0.2, 0.25) is 0 Å². The summed E-state index contributed by atoms with van der Waals surface area (Å²) >= 11 is 0. The van der Waals surface area contributed by atoms with Crippen molar-refractivity contribution in [1.82, 2.24) is 5.32 Å². The Hall–Kier alpha value is -0.180. The van der Waals surface area contributed by atoms with Crippen molar-refractivity contribution < 1.29 is 4.79 Å². The van der Waals surface area contributed by atoms with Crippen LogP contribution in [0.25, 0.3) is 0 Å². The topological polar surface area (TPSA) is 29.1 Å². The van der Waals surface area contributed by atoms with E-state index in [0.717, 1.165) is 0 Å². The van der Waals surface area contributed by atoms with Crippen LogP contribution in [0.5, 0.6) is 0 Å². The Morgan fingerprint density at radius 3 is 1.80 bits per heavy atom. The number of carbonyl (C=O) groups is 1. The first kappa shape index (κ1) is 14.8. The molecule has 1 N–H and O–H groups in total. The van der Waals surface area contributed by atoms with Crippen molar-refractivity contribution in [3.05, 3.63) is 0 Å². The molecule has 2 nitrogen and oxygen atoms in total. The molecule has 0 bridgehead atoms. The van der Waals surface area contributed by atoms with Gasteiger partial charge in [-0.25, -0.2) is 0 Å². The van der Waals surface area contributed by atoms with Crippen LogP contribution in [0.4, 0.5) is 0 Å². The molecule has 0 fully saturated rings. The molecule has 0 heterocycles. The maximum Gasteiger partial charge on any atom is 0.270 e. The number of carbonyl (C=O) groups excluding carboxylic acids is 1. The van der Waals surface area contributed by atoms with Crippen LogP contribution in [-0.4, -0.2) is 27.7 Å². The zero-order valence-corrected chi connectivity index (χ0v) is 12.0. The Morgan fingerprint density at radius 1 is 1.13 bits per heavy atom. The lowest BCUT2D eigenvalue weighted by Crippen LogP contribution is -2.45. The molecule has 0 aromatic heterocycles. The maximum absolute atomic E-state index is 11.8. The molecule has 0 aromatic rings. The van der Waals surface area contributed by atoms with Gasteiger partial charge in [0.25, 0.3) is 5.91 Å². The third-order valence-electron chi connectivity index (χ3n) is 2.02. The molecule has 0 rings (SSSR count). The largest absolute Gasteiger partial charge is 0.347 e. The van der Waals surface area contributed by atoms with Crippen molar-refractivity contribution >= 4 is 16.8 Å². The molecule has 0 atom stereocenters. The normalized spacial score (nSPS) is 12.7. The summed E-state index contributed by atoms with van der Waals surface area (Å²) < 4.78 is 0. The molecule has 0 saturated carbocycles. The maximum atomic E-state index is 11.8. The van der Waals surface area contributed by atoms with Crippen LogP contribution in [0.3, 0.4) is 0 Å². The van der Waals surface area contributed by atoms with Gasteiger partial charge in [0.15, 0.2) is 5.75 Å². The second kappa shape index (κ2) is 5.78. The van der Waals surface area contributed by atoms with Gasteiger partial charge in [0.2, 0.25) is 0 Å². The van der Waals surface area contributed by atoms with Crippen LogP contribution in [0, 0.1) is 0 Å². The van der Waals surface area contributed by atoms with Crippen molar-refractivity contribution in [3.8, 4) is 0 Å². The number of hydrogen-bond acceptors (Lipinski definition) is 1. The van der Waals surface area contributed by atoms with Gasteiger partial charge in [0.1, 0.15) is 10.5 Å². The monoisotopic (exact) mass is 232 g/mol. The average Bonchev–Trinajstić information content (AvgIpc) is 1.95. The Balaban J connectivity index is 4.25. The van der Waals surface area contributed by atoms with E-state index in [1.54, 1.807) is 0 Å². The highest BCUT2D eigenvalue weighted by atomic mass is 32.2. The zero-order chi connectivity index (χ0) is 12.2. The molecule has 0 aromatic carbocycles. The molecule has 0 aliphatic rings. The second-order valence-corrected chi connectivity index (χ2v) is 8.62. The average molecular weight is 232 g/mol. The minimum atomic E-state index is -0.111. The van der Waals surface area contributed by atoms with E-state index >= 15 is 0 Å². The SMILES string of the molecule is CC(C)[S+](CC(=O)NC(C)(C)C)C(C)C. The summed E-state index contributed by atoms with van der Waals surface area (Å²) in [7, 11) is 0.195. The predicted octanol–water partition coefficient (Wildman–Crippen LogP) is 2.34. The Labute approximate surface area is 97.6 Å². The number of amides is 1. The lowest BCUT2D eigenvalue weighted by Gasteiger charge is -2.22. The summed E-state index contributed by atoms with van der Waals surface area (Å²) in [5.41, 5.74) is -0.111. The smallest absolute Gasteiger partial charge is 0.270 e. The fraction of sp³-hybridized carbons (Fsp3) is 0.917. The number of nitrogens with one attached hydrogen (secondary N) is 1. The van der Waals surface area contributed by atoms with E-state index < -0.39 is 0 Å². The molecule has 0 unspecified atom stereocenters. The van der Waals surface area contributed by atoms with Crippen LogP contribution >= 0.6 is 0 Å². The summed E-state index contributed by atoms with van der Waals surface area (Å²) in [6.45, 7) is 14.9. The second-order valence-electron chi connectivity index (χ2n) is 5.51. The quantitative estimate of drug-likeness (QED) is 0.741. The highest BCUT2D eigenvalue weighted by Crippen LogP contribution is 2.13. The van der Waals surface area contributed by atoms with Gasteiger partial charge < -0.3 is 5.32 Å². The molecule has 0 spiro atoms. The van der Waals surface area contributed by atoms with Gasteiger partial charge in [-0.3, -0.25) is 4.79 Å². The van der Waals surface area contributed by atoms with Crippen molar-refractivity contribution in [3.63, 3.8) is 0 Å². The lowest BCUT2D eigenvalue weighted by molar-refractivity contribution is -0.119. The van der Waals surface area contributed by atoms with E-state index in [1.165, 1.54) is 0 Å². The van der Waals surface area contributed by atoms with E-state index in [2.05, 4.69) is 33.0 Å². The summed E-state index contributed by atoms with van der Waals surface area (Å²) in [5.74, 6) is 0.861.